The van der Waals surface area contributed by atoms with Gasteiger partial charge in [0.15, 0.2) is 0 Å². The van der Waals surface area contributed by atoms with Crippen molar-refractivity contribution in [2.24, 2.45) is 0 Å². The number of methoxy groups -OCH3 is 1. The molecule has 0 unspecified atom stereocenters. The third-order valence-corrected chi connectivity index (χ3v) is 2.44. The first-order chi connectivity index (χ1) is 7.13. The molecular weight excluding hydrogens is 192 g/mol. The van der Waals surface area contributed by atoms with E-state index in [1.54, 1.807) is 19.2 Å². The van der Waals surface area contributed by atoms with Crippen molar-refractivity contribution in [2.45, 2.75) is 19.6 Å². The summed E-state index contributed by atoms with van der Waals surface area (Å²) in [6.45, 7) is 5.32. The summed E-state index contributed by atoms with van der Waals surface area (Å²) in [4.78, 5) is 0. The minimum Gasteiger partial charge on any atom is -0.496 e. The Morgan fingerprint density at radius 3 is 2.67 bits per heavy atom. The first kappa shape index (κ1) is 11.8. The lowest BCUT2D eigenvalue weighted by Gasteiger charge is -2.13. The summed E-state index contributed by atoms with van der Waals surface area (Å²) in [5.41, 5.74) is 2.32. The molecule has 0 fully saturated rings. The van der Waals surface area contributed by atoms with Gasteiger partial charge < -0.3 is 14.9 Å². The average molecular weight is 208 g/mol. The van der Waals surface area contributed by atoms with Crippen molar-refractivity contribution < 1.29 is 14.9 Å². The molecule has 0 heterocycles. The van der Waals surface area contributed by atoms with Crippen LogP contribution in [0, 0.1) is 6.92 Å². The van der Waals surface area contributed by atoms with Gasteiger partial charge in [-0.3, -0.25) is 0 Å². The molecule has 0 saturated heterocycles. The lowest BCUT2D eigenvalue weighted by atomic mass is 10.0. The number of ether oxygens (including phenoxy) is 1. The highest BCUT2D eigenvalue weighted by molar-refractivity contribution is 5.44. The minimum absolute atomic E-state index is 0.0695. The number of hydrogen-bond acceptors (Lipinski definition) is 3. The average Bonchev–Trinajstić information content (AvgIpc) is 2.28. The molecular formula is C12H16O3. The molecule has 3 nitrogen and oxygen atoms in total. The highest BCUT2D eigenvalue weighted by atomic mass is 16.5. The zero-order valence-electron chi connectivity index (χ0n) is 9.03. The Morgan fingerprint density at radius 1 is 1.53 bits per heavy atom. The summed E-state index contributed by atoms with van der Waals surface area (Å²) in [5, 5.41) is 18.8. The summed E-state index contributed by atoms with van der Waals surface area (Å²) >= 11 is 0. The van der Waals surface area contributed by atoms with Crippen LogP contribution < -0.4 is 4.74 Å². The fourth-order valence-electron chi connectivity index (χ4n) is 1.45. The number of benzene rings is 1. The van der Waals surface area contributed by atoms with Crippen molar-refractivity contribution in [1.29, 1.82) is 0 Å². The fourth-order valence-corrected chi connectivity index (χ4v) is 1.45. The van der Waals surface area contributed by atoms with E-state index >= 15 is 0 Å². The third-order valence-electron chi connectivity index (χ3n) is 2.44. The summed E-state index contributed by atoms with van der Waals surface area (Å²) in [7, 11) is 1.56. The van der Waals surface area contributed by atoms with E-state index in [4.69, 9.17) is 9.84 Å². The van der Waals surface area contributed by atoms with Crippen molar-refractivity contribution in [3.8, 4) is 5.75 Å². The molecule has 0 bridgehead atoms. The Morgan fingerprint density at radius 2 is 2.20 bits per heavy atom. The maximum absolute atomic E-state index is 9.60. The van der Waals surface area contributed by atoms with Gasteiger partial charge in [0.05, 0.1) is 19.8 Å². The van der Waals surface area contributed by atoms with Gasteiger partial charge in [-0.1, -0.05) is 12.1 Å². The second-order valence-corrected chi connectivity index (χ2v) is 3.35. The number of hydrogen-bond donors (Lipinski definition) is 2. The van der Waals surface area contributed by atoms with Gasteiger partial charge in [0.25, 0.3) is 0 Å². The number of aliphatic hydroxyl groups is 2. The minimum atomic E-state index is -0.732. The second kappa shape index (κ2) is 4.96. The van der Waals surface area contributed by atoms with Crippen molar-refractivity contribution in [1.82, 2.24) is 0 Å². The molecule has 0 amide bonds. The first-order valence-electron chi connectivity index (χ1n) is 4.73. The molecule has 1 rings (SSSR count). The van der Waals surface area contributed by atoms with Crippen molar-refractivity contribution in [2.75, 3.05) is 7.11 Å². The van der Waals surface area contributed by atoms with Crippen LogP contribution in [0.25, 0.3) is 0 Å². The highest BCUT2D eigenvalue weighted by Crippen LogP contribution is 2.27. The van der Waals surface area contributed by atoms with Gasteiger partial charge in [-0.2, -0.15) is 0 Å². The number of rotatable bonds is 4. The van der Waals surface area contributed by atoms with Gasteiger partial charge in [0.1, 0.15) is 5.75 Å². The van der Waals surface area contributed by atoms with Gasteiger partial charge in [-0.05, 0) is 29.7 Å². The molecule has 1 aromatic rings. The fraction of sp³-hybridized carbons (Fsp3) is 0.333. The van der Waals surface area contributed by atoms with Crippen molar-refractivity contribution in [3.63, 3.8) is 0 Å². The molecule has 0 aliphatic rings. The SMILES string of the molecule is C=C[C@@H](O)c1cc(CO)c(C)c(OC)c1. The zero-order chi connectivity index (χ0) is 11.4. The number of aliphatic hydroxyl groups excluding tert-OH is 2. The van der Waals surface area contributed by atoms with E-state index < -0.39 is 6.10 Å². The molecule has 82 valence electrons. The van der Waals surface area contributed by atoms with Crippen LogP contribution in [0.5, 0.6) is 5.75 Å². The maximum atomic E-state index is 9.60. The largest absolute Gasteiger partial charge is 0.496 e. The maximum Gasteiger partial charge on any atom is 0.122 e. The standard InChI is InChI=1S/C12H16O3/c1-4-11(14)9-5-10(7-13)8(2)12(6-9)15-3/h4-6,11,13-14H,1,7H2,2-3H3/t11-/m1/s1. The van der Waals surface area contributed by atoms with Crippen LogP contribution in [0.1, 0.15) is 22.8 Å². The van der Waals surface area contributed by atoms with Gasteiger partial charge >= 0.3 is 0 Å². The first-order valence-corrected chi connectivity index (χ1v) is 4.73. The monoisotopic (exact) mass is 208 g/mol. The Labute approximate surface area is 89.6 Å². The normalized spacial score (nSPS) is 12.3. The highest BCUT2D eigenvalue weighted by Gasteiger charge is 2.10. The van der Waals surface area contributed by atoms with E-state index in [-0.39, 0.29) is 6.61 Å². The van der Waals surface area contributed by atoms with E-state index in [1.807, 2.05) is 6.92 Å². The van der Waals surface area contributed by atoms with E-state index in [0.717, 1.165) is 11.1 Å². The van der Waals surface area contributed by atoms with Crippen LogP contribution in [0.3, 0.4) is 0 Å². The van der Waals surface area contributed by atoms with E-state index in [0.29, 0.717) is 11.3 Å². The van der Waals surface area contributed by atoms with E-state index in [1.165, 1.54) is 6.08 Å². The van der Waals surface area contributed by atoms with Gasteiger partial charge in [-0.25, -0.2) is 0 Å². The predicted molar refractivity (Wildman–Crippen MR) is 58.8 cm³/mol. The van der Waals surface area contributed by atoms with Crippen LogP contribution in [0.4, 0.5) is 0 Å². The molecule has 0 aromatic heterocycles. The molecule has 2 N–H and O–H groups in total. The summed E-state index contributed by atoms with van der Waals surface area (Å²) < 4.78 is 5.17. The Balaban J connectivity index is 3.26. The molecule has 0 aliphatic carbocycles. The third kappa shape index (κ3) is 2.37. The molecule has 1 atom stereocenters. The molecule has 0 saturated carbocycles. The molecule has 0 radical (unpaired) electrons. The molecule has 3 heteroatoms. The zero-order valence-corrected chi connectivity index (χ0v) is 9.03. The van der Waals surface area contributed by atoms with Gasteiger partial charge in [0, 0.05) is 0 Å². The quantitative estimate of drug-likeness (QED) is 0.741. The Hall–Kier alpha value is -1.32. The van der Waals surface area contributed by atoms with Crippen LogP contribution in [-0.2, 0) is 6.61 Å². The summed E-state index contributed by atoms with van der Waals surface area (Å²) in [5.74, 6) is 0.664. The smallest absolute Gasteiger partial charge is 0.122 e. The van der Waals surface area contributed by atoms with E-state index in [9.17, 15) is 5.11 Å². The van der Waals surface area contributed by atoms with Gasteiger partial charge in [-0.15, -0.1) is 6.58 Å². The van der Waals surface area contributed by atoms with Gasteiger partial charge in [0.2, 0.25) is 0 Å². The predicted octanol–water partition coefficient (Wildman–Crippen LogP) is 1.72. The van der Waals surface area contributed by atoms with Crippen molar-refractivity contribution in [3.05, 3.63) is 41.5 Å². The van der Waals surface area contributed by atoms with Crippen LogP contribution in [0.15, 0.2) is 24.8 Å². The molecule has 1 aromatic carbocycles. The van der Waals surface area contributed by atoms with E-state index in [2.05, 4.69) is 6.58 Å². The molecule has 0 spiro atoms. The van der Waals surface area contributed by atoms with Crippen LogP contribution in [0.2, 0.25) is 0 Å². The van der Waals surface area contributed by atoms with Crippen LogP contribution >= 0.6 is 0 Å². The van der Waals surface area contributed by atoms with Crippen LogP contribution in [-0.4, -0.2) is 17.3 Å². The Bertz CT molecular complexity index is 333. The Kier molecular flexibility index (Phi) is 3.88. The summed E-state index contributed by atoms with van der Waals surface area (Å²) in [6, 6.07) is 3.50. The second-order valence-electron chi connectivity index (χ2n) is 3.35. The summed E-state index contributed by atoms with van der Waals surface area (Å²) in [6.07, 6.45) is 0.704. The molecule has 0 aliphatic heterocycles. The lowest BCUT2D eigenvalue weighted by Crippen LogP contribution is -2.00. The lowest BCUT2D eigenvalue weighted by molar-refractivity contribution is 0.227. The van der Waals surface area contributed by atoms with Crippen molar-refractivity contribution >= 4 is 0 Å². The topological polar surface area (TPSA) is 49.7 Å². The molecule has 15 heavy (non-hydrogen) atoms.